The van der Waals surface area contributed by atoms with Crippen molar-refractivity contribution in [1.82, 2.24) is 10.2 Å². The molecular weight excluding hydrogens is 316 g/mol. The van der Waals surface area contributed by atoms with Crippen molar-refractivity contribution < 1.29 is 4.79 Å². The van der Waals surface area contributed by atoms with Gasteiger partial charge < -0.3 is 5.32 Å². The van der Waals surface area contributed by atoms with Gasteiger partial charge in [-0.3, -0.25) is 9.69 Å². The summed E-state index contributed by atoms with van der Waals surface area (Å²) in [5.41, 5.74) is 2.56. The van der Waals surface area contributed by atoms with Crippen LogP contribution in [0.3, 0.4) is 0 Å². The van der Waals surface area contributed by atoms with Crippen LogP contribution in [-0.4, -0.2) is 23.9 Å². The average molecular weight is 343 g/mol. The molecule has 0 aliphatic carbocycles. The summed E-state index contributed by atoms with van der Waals surface area (Å²) < 4.78 is 0. The van der Waals surface area contributed by atoms with Crippen molar-refractivity contribution in [3.05, 3.63) is 57.8 Å². The predicted molar refractivity (Wildman–Crippen MR) is 100 cm³/mol. The fraction of sp³-hybridized carbons (Fsp3) is 0.450. The van der Waals surface area contributed by atoms with Crippen LogP contribution >= 0.6 is 11.3 Å². The van der Waals surface area contributed by atoms with Gasteiger partial charge in [-0.1, -0.05) is 44.2 Å². The molecular formula is C20H26N2OS. The zero-order chi connectivity index (χ0) is 17.1. The van der Waals surface area contributed by atoms with Crippen LogP contribution in [0.5, 0.6) is 0 Å². The second-order valence-corrected chi connectivity index (χ2v) is 7.90. The van der Waals surface area contributed by atoms with Gasteiger partial charge in [0, 0.05) is 17.5 Å². The van der Waals surface area contributed by atoms with Crippen LogP contribution in [0.15, 0.2) is 41.8 Å². The van der Waals surface area contributed by atoms with E-state index in [4.69, 9.17) is 0 Å². The standard InChI is InChI=1S/C20H26N2OS/c1-14(2)20(16-7-5-4-6-8-16)21-19(23)13-22-11-9-18-17(15(22)3)10-12-24-18/h4-8,10,12,14-15,20H,9,11,13H2,1-3H3,(H,21,23)/t15-,20+/m0/s1. The Morgan fingerprint density at radius 2 is 2.04 bits per heavy atom. The van der Waals surface area contributed by atoms with Gasteiger partial charge in [-0.15, -0.1) is 11.3 Å². The molecule has 2 atom stereocenters. The molecule has 0 unspecified atom stereocenters. The van der Waals surface area contributed by atoms with Crippen LogP contribution in [-0.2, 0) is 11.2 Å². The van der Waals surface area contributed by atoms with Gasteiger partial charge in [-0.25, -0.2) is 0 Å². The molecule has 1 aromatic heterocycles. The van der Waals surface area contributed by atoms with Crippen molar-refractivity contribution in [3.8, 4) is 0 Å². The molecule has 3 nitrogen and oxygen atoms in total. The van der Waals surface area contributed by atoms with Crippen molar-refractivity contribution in [2.75, 3.05) is 13.1 Å². The van der Waals surface area contributed by atoms with Crippen molar-refractivity contribution in [1.29, 1.82) is 0 Å². The van der Waals surface area contributed by atoms with Gasteiger partial charge in [0.25, 0.3) is 0 Å². The summed E-state index contributed by atoms with van der Waals surface area (Å²) in [6, 6.07) is 12.8. The maximum atomic E-state index is 12.6. The molecule has 4 heteroatoms. The molecule has 24 heavy (non-hydrogen) atoms. The minimum atomic E-state index is 0.0653. The molecule has 0 fully saturated rings. The van der Waals surface area contributed by atoms with Crippen molar-refractivity contribution in [2.24, 2.45) is 5.92 Å². The minimum absolute atomic E-state index is 0.0653. The molecule has 0 saturated carbocycles. The van der Waals surface area contributed by atoms with Crippen LogP contribution < -0.4 is 5.32 Å². The number of hydrogen-bond donors (Lipinski definition) is 1. The molecule has 2 heterocycles. The molecule has 128 valence electrons. The number of thiophene rings is 1. The highest BCUT2D eigenvalue weighted by Gasteiger charge is 2.27. The maximum Gasteiger partial charge on any atom is 0.234 e. The van der Waals surface area contributed by atoms with E-state index in [0.717, 1.165) is 13.0 Å². The van der Waals surface area contributed by atoms with Gasteiger partial charge in [0.1, 0.15) is 0 Å². The number of hydrogen-bond acceptors (Lipinski definition) is 3. The molecule has 1 aromatic carbocycles. The van der Waals surface area contributed by atoms with E-state index < -0.39 is 0 Å². The fourth-order valence-electron chi connectivity index (χ4n) is 3.48. The summed E-state index contributed by atoms with van der Waals surface area (Å²) in [7, 11) is 0. The van der Waals surface area contributed by atoms with Crippen molar-refractivity contribution in [3.63, 3.8) is 0 Å². The van der Waals surface area contributed by atoms with Gasteiger partial charge in [0.15, 0.2) is 0 Å². The number of benzene rings is 1. The molecule has 1 amide bonds. The Balaban J connectivity index is 1.65. The van der Waals surface area contributed by atoms with Gasteiger partial charge >= 0.3 is 0 Å². The Labute approximate surface area is 148 Å². The SMILES string of the molecule is CC(C)[C@@H](NC(=O)CN1CCc2sccc2[C@@H]1C)c1ccccc1. The number of nitrogens with one attached hydrogen (secondary N) is 1. The summed E-state index contributed by atoms with van der Waals surface area (Å²) in [6.45, 7) is 7.93. The molecule has 0 radical (unpaired) electrons. The number of nitrogens with zero attached hydrogens (tertiary/aromatic N) is 1. The molecule has 3 rings (SSSR count). The average Bonchev–Trinajstić information content (AvgIpc) is 3.05. The third kappa shape index (κ3) is 3.70. The molecule has 0 spiro atoms. The van der Waals surface area contributed by atoms with E-state index in [1.165, 1.54) is 16.0 Å². The van der Waals surface area contributed by atoms with E-state index in [2.05, 4.69) is 54.6 Å². The Morgan fingerprint density at radius 1 is 1.29 bits per heavy atom. The van der Waals surface area contributed by atoms with Crippen LogP contribution in [0.4, 0.5) is 0 Å². The van der Waals surface area contributed by atoms with Crippen LogP contribution in [0, 0.1) is 5.92 Å². The number of rotatable bonds is 5. The largest absolute Gasteiger partial charge is 0.348 e. The second-order valence-electron chi connectivity index (χ2n) is 6.90. The second kappa shape index (κ2) is 7.49. The Kier molecular flexibility index (Phi) is 5.36. The molecule has 2 aromatic rings. The van der Waals surface area contributed by atoms with Crippen LogP contribution in [0.1, 0.15) is 48.9 Å². The lowest BCUT2D eigenvalue weighted by molar-refractivity contribution is -0.124. The van der Waals surface area contributed by atoms with Crippen LogP contribution in [0.25, 0.3) is 0 Å². The fourth-order valence-corrected chi connectivity index (χ4v) is 4.44. The zero-order valence-electron chi connectivity index (χ0n) is 14.7. The zero-order valence-corrected chi connectivity index (χ0v) is 15.5. The Hall–Kier alpha value is -1.65. The monoisotopic (exact) mass is 342 g/mol. The van der Waals surface area contributed by atoms with Crippen molar-refractivity contribution in [2.45, 2.75) is 39.3 Å². The van der Waals surface area contributed by atoms with Gasteiger partial charge in [0.05, 0.1) is 12.6 Å². The number of carbonyl (C=O) groups is 1. The third-order valence-electron chi connectivity index (χ3n) is 4.89. The highest BCUT2D eigenvalue weighted by Crippen LogP contribution is 2.32. The summed E-state index contributed by atoms with van der Waals surface area (Å²) in [5, 5.41) is 5.40. The van der Waals surface area contributed by atoms with Gasteiger partial charge in [0.2, 0.25) is 5.91 Å². The van der Waals surface area contributed by atoms with E-state index >= 15 is 0 Å². The molecule has 1 aliphatic heterocycles. The summed E-state index contributed by atoms with van der Waals surface area (Å²) >= 11 is 1.83. The van der Waals surface area contributed by atoms with E-state index in [-0.39, 0.29) is 11.9 Å². The number of carbonyl (C=O) groups excluding carboxylic acids is 1. The highest BCUT2D eigenvalue weighted by atomic mass is 32.1. The first-order valence-corrected chi connectivity index (χ1v) is 9.59. The van der Waals surface area contributed by atoms with Crippen LogP contribution in [0.2, 0.25) is 0 Å². The molecule has 0 saturated heterocycles. The number of fused-ring (bicyclic) bond motifs is 1. The summed E-state index contributed by atoms with van der Waals surface area (Å²) in [5.74, 6) is 0.474. The van der Waals surface area contributed by atoms with Crippen molar-refractivity contribution >= 4 is 17.2 Å². The lowest BCUT2D eigenvalue weighted by Gasteiger charge is -2.33. The summed E-state index contributed by atoms with van der Waals surface area (Å²) in [6.07, 6.45) is 1.05. The lowest BCUT2D eigenvalue weighted by Crippen LogP contribution is -2.43. The maximum absolute atomic E-state index is 12.6. The first-order chi connectivity index (χ1) is 11.6. The number of amides is 1. The van der Waals surface area contributed by atoms with Gasteiger partial charge in [-0.2, -0.15) is 0 Å². The Morgan fingerprint density at radius 3 is 2.75 bits per heavy atom. The lowest BCUT2D eigenvalue weighted by atomic mass is 9.96. The predicted octanol–water partition coefficient (Wildman–Crippen LogP) is 4.18. The normalized spacial score (nSPS) is 19.1. The molecule has 1 N–H and O–H groups in total. The van der Waals surface area contributed by atoms with E-state index in [9.17, 15) is 4.79 Å². The Bertz CT molecular complexity index is 680. The first-order valence-electron chi connectivity index (χ1n) is 8.71. The summed E-state index contributed by atoms with van der Waals surface area (Å²) in [4.78, 5) is 16.4. The topological polar surface area (TPSA) is 32.3 Å². The quantitative estimate of drug-likeness (QED) is 0.884. The highest BCUT2D eigenvalue weighted by molar-refractivity contribution is 7.10. The van der Waals surface area contributed by atoms with E-state index in [1.54, 1.807) is 0 Å². The smallest absolute Gasteiger partial charge is 0.234 e. The van der Waals surface area contributed by atoms with E-state index in [0.29, 0.717) is 18.5 Å². The molecule has 0 bridgehead atoms. The first kappa shape index (κ1) is 17.2. The van der Waals surface area contributed by atoms with Gasteiger partial charge in [-0.05, 0) is 41.8 Å². The third-order valence-corrected chi connectivity index (χ3v) is 5.89. The van der Waals surface area contributed by atoms with E-state index in [1.807, 2.05) is 29.5 Å². The minimum Gasteiger partial charge on any atom is -0.348 e. The molecule has 1 aliphatic rings.